The Balaban J connectivity index is 1.64. The van der Waals surface area contributed by atoms with Crippen LogP contribution >= 0.6 is 0 Å². The van der Waals surface area contributed by atoms with Crippen LogP contribution in [-0.4, -0.2) is 5.91 Å². The molecule has 3 heteroatoms. The summed E-state index contributed by atoms with van der Waals surface area (Å²) in [5.74, 6) is 1.81. The van der Waals surface area contributed by atoms with Gasteiger partial charge in [0, 0.05) is 18.2 Å². The lowest BCUT2D eigenvalue weighted by Gasteiger charge is -2.06. The molecule has 2 aliphatic carbocycles. The van der Waals surface area contributed by atoms with Gasteiger partial charge in [-0.05, 0) is 42.4 Å². The van der Waals surface area contributed by atoms with E-state index in [4.69, 9.17) is 5.73 Å². The molecule has 0 aliphatic heterocycles. The number of hydrogen-bond donors (Lipinski definition) is 2. The number of carbonyl (C=O) groups is 1. The van der Waals surface area contributed by atoms with Gasteiger partial charge in [-0.3, -0.25) is 4.79 Å². The highest BCUT2D eigenvalue weighted by atomic mass is 16.2. The first kappa shape index (κ1) is 11.7. The fraction of sp³-hybridized carbons (Fsp3) is 0.533. The second-order valence-electron chi connectivity index (χ2n) is 5.53. The highest BCUT2D eigenvalue weighted by Gasteiger charge is 2.54. The predicted molar refractivity (Wildman–Crippen MR) is 71.9 cm³/mol. The number of fused-ring (bicyclic) bond motifs is 1. The molecule has 0 saturated heterocycles. The molecule has 1 aromatic rings. The van der Waals surface area contributed by atoms with Crippen LogP contribution in [-0.2, 0) is 11.3 Å². The van der Waals surface area contributed by atoms with Crippen molar-refractivity contribution >= 4 is 11.6 Å². The third kappa shape index (κ3) is 2.15. The van der Waals surface area contributed by atoms with E-state index in [1.807, 2.05) is 24.3 Å². The van der Waals surface area contributed by atoms with Crippen molar-refractivity contribution in [3.8, 4) is 0 Å². The maximum atomic E-state index is 12.2. The van der Waals surface area contributed by atoms with Crippen LogP contribution in [0.25, 0.3) is 0 Å². The summed E-state index contributed by atoms with van der Waals surface area (Å²) >= 11 is 0. The number of nitrogens with two attached hydrogens (primary N) is 1. The first-order chi connectivity index (χ1) is 8.79. The highest BCUT2D eigenvalue weighted by molar-refractivity contribution is 5.95. The van der Waals surface area contributed by atoms with Gasteiger partial charge in [0.2, 0.25) is 5.91 Å². The maximum Gasteiger partial charge on any atom is 0.228 e. The van der Waals surface area contributed by atoms with Gasteiger partial charge in [0.25, 0.3) is 0 Å². The second-order valence-corrected chi connectivity index (χ2v) is 5.53. The number of rotatable bonds is 3. The molecule has 3 rings (SSSR count). The van der Waals surface area contributed by atoms with E-state index in [2.05, 4.69) is 5.32 Å². The first-order valence-corrected chi connectivity index (χ1v) is 6.89. The number of nitrogens with one attached hydrogen (secondary N) is 1. The molecule has 3 N–H and O–H groups in total. The van der Waals surface area contributed by atoms with Gasteiger partial charge < -0.3 is 11.1 Å². The summed E-state index contributed by atoms with van der Waals surface area (Å²) in [6.07, 6.45) is 5.08. The maximum absolute atomic E-state index is 12.2. The molecule has 2 unspecified atom stereocenters. The zero-order valence-corrected chi connectivity index (χ0v) is 10.6. The van der Waals surface area contributed by atoms with Crippen LogP contribution in [0.2, 0.25) is 0 Å². The summed E-state index contributed by atoms with van der Waals surface area (Å²) in [5, 5.41) is 3.04. The molecule has 2 fully saturated rings. The van der Waals surface area contributed by atoms with Crippen molar-refractivity contribution in [1.29, 1.82) is 0 Å². The summed E-state index contributed by atoms with van der Waals surface area (Å²) in [6, 6.07) is 7.82. The van der Waals surface area contributed by atoms with Crippen molar-refractivity contribution in [3.05, 3.63) is 29.8 Å². The van der Waals surface area contributed by atoms with Gasteiger partial charge in [0.1, 0.15) is 0 Å². The average Bonchev–Trinajstić information content (AvgIpc) is 3.13. The molecule has 3 nitrogen and oxygen atoms in total. The Bertz CT molecular complexity index is 446. The van der Waals surface area contributed by atoms with Gasteiger partial charge in [-0.25, -0.2) is 0 Å². The molecule has 2 saturated carbocycles. The van der Waals surface area contributed by atoms with Gasteiger partial charge in [0.15, 0.2) is 0 Å². The van der Waals surface area contributed by atoms with Crippen LogP contribution < -0.4 is 11.1 Å². The van der Waals surface area contributed by atoms with E-state index in [1.54, 1.807) is 0 Å². The topological polar surface area (TPSA) is 55.1 Å². The van der Waals surface area contributed by atoms with Crippen LogP contribution in [0.1, 0.15) is 31.2 Å². The predicted octanol–water partition coefficient (Wildman–Crippen LogP) is 2.52. The number of amides is 1. The largest absolute Gasteiger partial charge is 0.326 e. The van der Waals surface area contributed by atoms with Gasteiger partial charge in [0.05, 0.1) is 0 Å². The van der Waals surface area contributed by atoms with E-state index in [0.29, 0.717) is 18.4 Å². The van der Waals surface area contributed by atoms with Crippen LogP contribution in [0.3, 0.4) is 0 Å². The summed E-state index contributed by atoms with van der Waals surface area (Å²) in [6.45, 7) is 0.512. The quantitative estimate of drug-likeness (QED) is 0.858. The molecule has 0 radical (unpaired) electrons. The molecule has 0 bridgehead atoms. The molecular formula is C15H20N2O. The Hall–Kier alpha value is -1.35. The minimum Gasteiger partial charge on any atom is -0.326 e. The smallest absolute Gasteiger partial charge is 0.228 e. The van der Waals surface area contributed by atoms with E-state index in [9.17, 15) is 4.79 Å². The van der Waals surface area contributed by atoms with E-state index in [1.165, 1.54) is 25.7 Å². The molecular weight excluding hydrogens is 224 g/mol. The number of hydrogen-bond acceptors (Lipinski definition) is 2. The van der Waals surface area contributed by atoms with Gasteiger partial charge in [-0.15, -0.1) is 0 Å². The summed E-state index contributed by atoms with van der Waals surface area (Å²) in [7, 11) is 0. The molecule has 2 atom stereocenters. The molecule has 0 aromatic heterocycles. The van der Waals surface area contributed by atoms with Crippen molar-refractivity contribution in [1.82, 2.24) is 0 Å². The Morgan fingerprint density at radius 1 is 1.28 bits per heavy atom. The van der Waals surface area contributed by atoms with Crippen molar-refractivity contribution in [3.63, 3.8) is 0 Å². The van der Waals surface area contributed by atoms with Crippen molar-refractivity contribution in [2.24, 2.45) is 23.5 Å². The minimum atomic E-state index is 0.209. The Morgan fingerprint density at radius 3 is 2.67 bits per heavy atom. The van der Waals surface area contributed by atoms with Gasteiger partial charge in [-0.2, -0.15) is 0 Å². The third-order valence-electron chi connectivity index (χ3n) is 4.39. The lowest BCUT2D eigenvalue weighted by Crippen LogP contribution is -2.15. The van der Waals surface area contributed by atoms with Crippen molar-refractivity contribution in [2.45, 2.75) is 32.2 Å². The summed E-state index contributed by atoms with van der Waals surface area (Å²) < 4.78 is 0. The normalized spacial score (nSPS) is 29.5. The SMILES string of the molecule is NCc1cccc(NC(=O)C2C3CCCCC32)c1. The fourth-order valence-corrected chi connectivity index (χ4v) is 3.38. The zero-order valence-electron chi connectivity index (χ0n) is 10.6. The van der Waals surface area contributed by atoms with Crippen molar-refractivity contribution < 1.29 is 4.79 Å². The fourth-order valence-electron chi connectivity index (χ4n) is 3.38. The summed E-state index contributed by atoms with van der Waals surface area (Å²) in [5.41, 5.74) is 7.54. The minimum absolute atomic E-state index is 0.209. The van der Waals surface area contributed by atoms with E-state index in [0.717, 1.165) is 11.3 Å². The average molecular weight is 244 g/mol. The zero-order chi connectivity index (χ0) is 12.5. The van der Waals surface area contributed by atoms with Crippen molar-refractivity contribution in [2.75, 3.05) is 5.32 Å². The van der Waals surface area contributed by atoms with Crippen LogP contribution in [0, 0.1) is 17.8 Å². The molecule has 18 heavy (non-hydrogen) atoms. The molecule has 96 valence electrons. The highest BCUT2D eigenvalue weighted by Crippen LogP contribution is 2.55. The van der Waals surface area contributed by atoms with Crippen LogP contribution in [0.15, 0.2) is 24.3 Å². The van der Waals surface area contributed by atoms with Crippen LogP contribution in [0.5, 0.6) is 0 Å². The lowest BCUT2D eigenvalue weighted by atomic mass is 10.0. The molecule has 2 aliphatic rings. The van der Waals surface area contributed by atoms with Gasteiger partial charge in [-0.1, -0.05) is 25.0 Å². The Kier molecular flexibility index (Phi) is 3.08. The second kappa shape index (κ2) is 4.73. The van der Waals surface area contributed by atoms with E-state index >= 15 is 0 Å². The number of carbonyl (C=O) groups excluding carboxylic acids is 1. The number of anilines is 1. The molecule has 1 aromatic carbocycles. The lowest BCUT2D eigenvalue weighted by molar-refractivity contribution is -0.117. The van der Waals surface area contributed by atoms with Gasteiger partial charge >= 0.3 is 0 Å². The van der Waals surface area contributed by atoms with E-state index < -0.39 is 0 Å². The summed E-state index contributed by atoms with van der Waals surface area (Å²) in [4.78, 5) is 12.2. The monoisotopic (exact) mass is 244 g/mol. The van der Waals surface area contributed by atoms with E-state index in [-0.39, 0.29) is 11.8 Å². The Labute approximate surface area is 108 Å². The third-order valence-corrected chi connectivity index (χ3v) is 4.39. The standard InChI is InChI=1S/C15H20N2O/c16-9-10-4-3-5-11(8-10)17-15(18)14-12-6-1-2-7-13(12)14/h3-5,8,12-14H,1-2,6-7,9,16H2,(H,17,18). The molecule has 1 amide bonds. The molecule has 0 heterocycles. The molecule has 0 spiro atoms. The first-order valence-electron chi connectivity index (χ1n) is 6.89. The van der Waals surface area contributed by atoms with Crippen LogP contribution in [0.4, 0.5) is 5.69 Å². The Morgan fingerprint density at radius 2 is 2.00 bits per heavy atom. The number of benzene rings is 1.